The fraction of sp³-hybridized carbons (Fsp3) is 0.467. The molecule has 2 bridgehead atoms. The number of rotatable bonds is 5. The lowest BCUT2D eigenvalue weighted by Gasteiger charge is -2.46. The van der Waals surface area contributed by atoms with E-state index < -0.39 is 5.41 Å². The minimum atomic E-state index is -0.560. The van der Waals surface area contributed by atoms with Crippen molar-refractivity contribution in [3.8, 4) is 0 Å². The van der Waals surface area contributed by atoms with E-state index in [1.165, 1.54) is 22.4 Å². The van der Waals surface area contributed by atoms with Gasteiger partial charge in [0.25, 0.3) is 0 Å². The van der Waals surface area contributed by atoms with Crippen LogP contribution < -0.4 is 0 Å². The SMILES string of the molecule is O=C(N1C2CCC1CC(Cc1cccc3ccncc13)C2)C1(Cc2ccccc2F)CCOCC1. The minimum Gasteiger partial charge on any atom is -0.381 e. The summed E-state index contributed by atoms with van der Waals surface area (Å²) in [5.41, 5.74) is 1.45. The van der Waals surface area contributed by atoms with Crippen LogP contribution in [-0.2, 0) is 22.4 Å². The van der Waals surface area contributed by atoms with E-state index in [1.807, 2.05) is 24.5 Å². The van der Waals surface area contributed by atoms with Crippen LogP contribution in [0.15, 0.2) is 60.9 Å². The number of ether oxygens (including phenoxy) is 1. The molecule has 2 unspecified atom stereocenters. The van der Waals surface area contributed by atoms with Crippen LogP contribution in [0.4, 0.5) is 4.39 Å². The Morgan fingerprint density at radius 1 is 1.00 bits per heavy atom. The molecular formula is C30H33FN2O2. The summed E-state index contributed by atoms with van der Waals surface area (Å²) in [4.78, 5) is 20.8. The molecular weight excluding hydrogens is 439 g/mol. The summed E-state index contributed by atoms with van der Waals surface area (Å²) < 4.78 is 20.2. The van der Waals surface area contributed by atoms with Crippen LogP contribution in [-0.4, -0.2) is 41.1 Å². The molecule has 1 amide bonds. The molecule has 3 aromatic rings. The fourth-order valence-corrected chi connectivity index (χ4v) is 6.96. The summed E-state index contributed by atoms with van der Waals surface area (Å²) in [5, 5.41) is 2.48. The van der Waals surface area contributed by atoms with Gasteiger partial charge in [-0.05, 0) is 85.9 Å². The maximum atomic E-state index is 14.6. The van der Waals surface area contributed by atoms with Crippen LogP contribution in [0.2, 0.25) is 0 Å². The van der Waals surface area contributed by atoms with Crippen LogP contribution in [0.5, 0.6) is 0 Å². The largest absolute Gasteiger partial charge is 0.381 e. The average molecular weight is 473 g/mol. The first-order chi connectivity index (χ1) is 17.1. The normalized spacial score (nSPS) is 25.6. The van der Waals surface area contributed by atoms with Crippen molar-refractivity contribution < 1.29 is 13.9 Å². The van der Waals surface area contributed by atoms with Gasteiger partial charge >= 0.3 is 0 Å². The summed E-state index contributed by atoms with van der Waals surface area (Å²) in [7, 11) is 0. The molecule has 3 fully saturated rings. The number of piperidine rings is 1. The van der Waals surface area contributed by atoms with E-state index in [1.54, 1.807) is 6.07 Å². The zero-order chi connectivity index (χ0) is 23.8. The fourth-order valence-electron chi connectivity index (χ4n) is 6.96. The lowest BCUT2D eigenvalue weighted by atomic mass is 9.72. The van der Waals surface area contributed by atoms with E-state index in [0.717, 1.165) is 32.1 Å². The third-order valence-electron chi connectivity index (χ3n) is 8.74. The average Bonchev–Trinajstić information content (AvgIpc) is 3.15. The highest BCUT2D eigenvalue weighted by Gasteiger charge is 2.50. The van der Waals surface area contributed by atoms with E-state index >= 15 is 0 Å². The van der Waals surface area contributed by atoms with Gasteiger partial charge in [-0.25, -0.2) is 4.39 Å². The smallest absolute Gasteiger partial charge is 0.229 e. The first-order valence-corrected chi connectivity index (χ1v) is 13.1. The monoisotopic (exact) mass is 472 g/mol. The molecule has 3 aliphatic rings. The molecule has 3 saturated heterocycles. The number of hydrogen-bond acceptors (Lipinski definition) is 3. The molecule has 182 valence electrons. The molecule has 0 radical (unpaired) electrons. The second-order valence-corrected chi connectivity index (χ2v) is 10.8. The minimum absolute atomic E-state index is 0.211. The number of pyridine rings is 1. The summed E-state index contributed by atoms with van der Waals surface area (Å²) in [6.07, 6.45) is 10.9. The van der Waals surface area contributed by atoms with E-state index in [9.17, 15) is 9.18 Å². The highest BCUT2D eigenvalue weighted by molar-refractivity contribution is 5.85. The van der Waals surface area contributed by atoms with E-state index in [4.69, 9.17) is 4.74 Å². The Morgan fingerprint density at radius 2 is 1.74 bits per heavy atom. The molecule has 2 aromatic carbocycles. The van der Waals surface area contributed by atoms with Crippen molar-refractivity contribution in [2.75, 3.05) is 13.2 Å². The number of carbonyl (C=O) groups excluding carboxylic acids is 1. The molecule has 3 aliphatic heterocycles. The summed E-state index contributed by atoms with van der Waals surface area (Å²) in [5.74, 6) is 0.598. The maximum absolute atomic E-state index is 14.6. The van der Waals surface area contributed by atoms with E-state index in [2.05, 4.69) is 34.1 Å². The Kier molecular flexibility index (Phi) is 6.05. The third kappa shape index (κ3) is 4.24. The lowest BCUT2D eigenvalue weighted by molar-refractivity contribution is -0.153. The van der Waals surface area contributed by atoms with Crippen molar-refractivity contribution in [1.29, 1.82) is 0 Å². The summed E-state index contributed by atoms with van der Waals surface area (Å²) in [6.45, 7) is 1.14. The van der Waals surface area contributed by atoms with Crippen LogP contribution >= 0.6 is 0 Å². The molecule has 0 aliphatic carbocycles. The first-order valence-electron chi connectivity index (χ1n) is 13.1. The molecule has 5 heteroatoms. The van der Waals surface area contributed by atoms with Gasteiger partial charge in [-0.2, -0.15) is 0 Å². The lowest BCUT2D eigenvalue weighted by Crippen LogP contribution is -2.55. The summed E-state index contributed by atoms with van der Waals surface area (Å²) in [6, 6.07) is 16.1. The molecule has 2 atom stereocenters. The Labute approximate surface area is 206 Å². The van der Waals surface area contributed by atoms with Gasteiger partial charge in [0.2, 0.25) is 5.91 Å². The third-order valence-corrected chi connectivity index (χ3v) is 8.74. The van der Waals surface area contributed by atoms with Crippen molar-refractivity contribution >= 4 is 16.7 Å². The predicted molar refractivity (Wildman–Crippen MR) is 134 cm³/mol. The number of fused-ring (bicyclic) bond motifs is 3. The molecule has 6 rings (SSSR count). The quantitative estimate of drug-likeness (QED) is 0.477. The van der Waals surface area contributed by atoms with Crippen LogP contribution in [0, 0.1) is 17.2 Å². The van der Waals surface area contributed by atoms with Gasteiger partial charge in [0.1, 0.15) is 5.82 Å². The van der Waals surface area contributed by atoms with Gasteiger partial charge < -0.3 is 9.64 Å². The van der Waals surface area contributed by atoms with Gasteiger partial charge in [0.15, 0.2) is 0 Å². The highest BCUT2D eigenvalue weighted by Crippen LogP contribution is 2.45. The second-order valence-electron chi connectivity index (χ2n) is 10.8. The van der Waals surface area contributed by atoms with E-state index in [-0.39, 0.29) is 11.7 Å². The number of amides is 1. The van der Waals surface area contributed by atoms with Gasteiger partial charge in [-0.15, -0.1) is 0 Å². The molecule has 4 nitrogen and oxygen atoms in total. The van der Waals surface area contributed by atoms with Gasteiger partial charge in [-0.3, -0.25) is 9.78 Å². The number of nitrogens with zero attached hydrogens (tertiary/aromatic N) is 2. The molecule has 35 heavy (non-hydrogen) atoms. The van der Waals surface area contributed by atoms with Crippen LogP contribution in [0.1, 0.15) is 49.7 Å². The Balaban J connectivity index is 1.22. The second kappa shape index (κ2) is 9.34. The van der Waals surface area contributed by atoms with Crippen molar-refractivity contribution in [3.05, 3.63) is 77.9 Å². The Bertz CT molecular complexity index is 1200. The van der Waals surface area contributed by atoms with Gasteiger partial charge in [0, 0.05) is 43.1 Å². The van der Waals surface area contributed by atoms with Crippen LogP contribution in [0.3, 0.4) is 0 Å². The number of benzene rings is 2. The van der Waals surface area contributed by atoms with Crippen LogP contribution in [0.25, 0.3) is 10.8 Å². The molecule has 4 heterocycles. The van der Waals surface area contributed by atoms with Crippen molar-refractivity contribution in [3.63, 3.8) is 0 Å². The highest BCUT2D eigenvalue weighted by atomic mass is 19.1. The molecule has 1 aromatic heterocycles. The standard InChI is InChI=1S/C30H33FN2O2/c31-28-7-2-1-4-24(28)19-30(11-14-35-15-12-30)29(34)33-25-8-9-26(33)18-21(17-25)16-23-6-3-5-22-10-13-32-20-27(22)23/h1-7,10,13,20-21,25-26H,8-9,11-12,14-19H2. The number of hydrogen-bond donors (Lipinski definition) is 0. The van der Waals surface area contributed by atoms with Crippen molar-refractivity contribution in [1.82, 2.24) is 9.88 Å². The predicted octanol–water partition coefficient (Wildman–Crippen LogP) is 5.73. The number of carbonyl (C=O) groups is 1. The van der Waals surface area contributed by atoms with Gasteiger partial charge in [-0.1, -0.05) is 36.4 Å². The maximum Gasteiger partial charge on any atom is 0.229 e. The Morgan fingerprint density at radius 3 is 2.51 bits per heavy atom. The Hall–Kier alpha value is -2.79. The van der Waals surface area contributed by atoms with Gasteiger partial charge in [0.05, 0.1) is 5.41 Å². The molecule has 0 spiro atoms. The van der Waals surface area contributed by atoms with Crippen molar-refractivity contribution in [2.24, 2.45) is 11.3 Å². The topological polar surface area (TPSA) is 42.4 Å². The summed E-state index contributed by atoms with van der Waals surface area (Å²) >= 11 is 0. The number of halogens is 1. The zero-order valence-electron chi connectivity index (χ0n) is 20.2. The molecule has 0 N–H and O–H groups in total. The molecule has 0 saturated carbocycles. The zero-order valence-corrected chi connectivity index (χ0v) is 20.2. The van der Waals surface area contributed by atoms with E-state index in [0.29, 0.717) is 56.0 Å². The first kappa shape index (κ1) is 22.7. The van der Waals surface area contributed by atoms with Crippen molar-refractivity contribution in [2.45, 2.75) is 63.5 Å². The number of aromatic nitrogens is 1.